The molecule has 0 aliphatic carbocycles. The molecule has 0 aromatic heterocycles. The van der Waals surface area contributed by atoms with E-state index in [1.807, 2.05) is 22.6 Å². The van der Waals surface area contributed by atoms with Gasteiger partial charge in [-0.15, -0.1) is 0 Å². The number of nitrogens with one attached hydrogen (secondary N) is 1. The summed E-state index contributed by atoms with van der Waals surface area (Å²) in [7, 11) is 0. The fourth-order valence-electron chi connectivity index (χ4n) is 1.91. The second-order valence-electron chi connectivity index (χ2n) is 4.28. The summed E-state index contributed by atoms with van der Waals surface area (Å²) in [5, 5.41) is 13.6. The number of carbonyl (C=O) groups excluding carboxylic acids is 1. The molecule has 0 saturated carbocycles. The molecule has 2 rings (SSSR count). The average molecular weight is 376 g/mol. The first-order valence-corrected chi connectivity index (χ1v) is 6.98. The molecule has 0 bridgehead atoms. The standard InChI is InChI=1S/C12H13IN2O4/c13-11-2-1-9(15(17)18)7-10(11)12(16)14-8-3-5-19-6-4-8/h1-2,7-8H,3-6H2,(H,14,16). The molecule has 19 heavy (non-hydrogen) atoms. The highest BCUT2D eigenvalue weighted by Gasteiger charge is 2.20. The van der Waals surface area contributed by atoms with Crippen LogP contribution in [-0.2, 0) is 4.74 Å². The van der Waals surface area contributed by atoms with Crippen molar-refractivity contribution >= 4 is 34.2 Å². The smallest absolute Gasteiger partial charge is 0.270 e. The Balaban J connectivity index is 2.13. The van der Waals surface area contributed by atoms with Gasteiger partial charge in [-0.05, 0) is 41.5 Å². The number of rotatable bonds is 3. The predicted molar refractivity (Wildman–Crippen MR) is 77.1 cm³/mol. The summed E-state index contributed by atoms with van der Waals surface area (Å²) in [6.45, 7) is 1.27. The maximum absolute atomic E-state index is 12.1. The lowest BCUT2D eigenvalue weighted by Gasteiger charge is -2.23. The lowest BCUT2D eigenvalue weighted by Crippen LogP contribution is -2.39. The summed E-state index contributed by atoms with van der Waals surface area (Å²) < 4.78 is 5.92. The number of nitro benzene ring substituents is 1. The summed E-state index contributed by atoms with van der Waals surface area (Å²) in [5.74, 6) is -0.264. The molecule has 0 spiro atoms. The Hall–Kier alpha value is -1.22. The fraction of sp³-hybridized carbons (Fsp3) is 0.417. The lowest BCUT2D eigenvalue weighted by molar-refractivity contribution is -0.384. The van der Waals surface area contributed by atoms with Crippen molar-refractivity contribution in [2.24, 2.45) is 0 Å². The van der Waals surface area contributed by atoms with Crippen LogP contribution in [0, 0.1) is 13.7 Å². The Morgan fingerprint density at radius 1 is 1.42 bits per heavy atom. The monoisotopic (exact) mass is 376 g/mol. The van der Waals surface area contributed by atoms with Crippen molar-refractivity contribution < 1.29 is 14.5 Å². The third-order valence-corrected chi connectivity index (χ3v) is 3.90. The van der Waals surface area contributed by atoms with Gasteiger partial charge in [-0.2, -0.15) is 0 Å². The third-order valence-electron chi connectivity index (χ3n) is 2.96. The van der Waals surface area contributed by atoms with Crippen LogP contribution in [0.5, 0.6) is 0 Å². The quantitative estimate of drug-likeness (QED) is 0.498. The van der Waals surface area contributed by atoms with E-state index in [0.717, 1.165) is 12.8 Å². The molecule has 1 aliphatic rings. The molecule has 102 valence electrons. The summed E-state index contributed by atoms with van der Waals surface area (Å²) in [6.07, 6.45) is 1.55. The molecule has 1 amide bonds. The zero-order valence-corrected chi connectivity index (χ0v) is 12.3. The number of carbonyl (C=O) groups is 1. The average Bonchev–Trinajstić information content (AvgIpc) is 2.40. The van der Waals surface area contributed by atoms with Crippen molar-refractivity contribution in [3.05, 3.63) is 37.4 Å². The number of hydrogen-bond donors (Lipinski definition) is 1. The van der Waals surface area contributed by atoms with E-state index in [1.165, 1.54) is 12.1 Å². The van der Waals surface area contributed by atoms with Gasteiger partial charge in [-0.1, -0.05) is 0 Å². The number of non-ortho nitro benzene ring substituents is 1. The van der Waals surface area contributed by atoms with Crippen LogP contribution < -0.4 is 5.32 Å². The van der Waals surface area contributed by atoms with Gasteiger partial charge in [0.15, 0.2) is 0 Å². The van der Waals surface area contributed by atoms with E-state index < -0.39 is 4.92 Å². The highest BCUT2D eigenvalue weighted by molar-refractivity contribution is 14.1. The van der Waals surface area contributed by atoms with E-state index in [2.05, 4.69) is 5.32 Å². The summed E-state index contributed by atoms with van der Waals surface area (Å²) in [6, 6.07) is 4.37. The molecule has 1 aromatic carbocycles. The second kappa shape index (κ2) is 6.29. The molecule has 1 saturated heterocycles. The zero-order valence-electron chi connectivity index (χ0n) is 10.1. The van der Waals surface area contributed by atoms with Gasteiger partial charge in [-0.3, -0.25) is 14.9 Å². The van der Waals surface area contributed by atoms with Gasteiger partial charge in [0, 0.05) is 35.0 Å². The highest BCUT2D eigenvalue weighted by Crippen LogP contribution is 2.20. The van der Waals surface area contributed by atoms with E-state index >= 15 is 0 Å². The van der Waals surface area contributed by atoms with Gasteiger partial charge in [-0.25, -0.2) is 0 Å². The zero-order chi connectivity index (χ0) is 13.8. The molecule has 1 N–H and O–H groups in total. The first-order valence-electron chi connectivity index (χ1n) is 5.90. The number of nitrogens with zero attached hydrogens (tertiary/aromatic N) is 1. The molecule has 1 heterocycles. The van der Waals surface area contributed by atoms with E-state index in [4.69, 9.17) is 4.74 Å². The van der Waals surface area contributed by atoms with Gasteiger partial charge in [0.1, 0.15) is 0 Å². The molecule has 0 atom stereocenters. The van der Waals surface area contributed by atoms with Crippen LogP contribution in [0.1, 0.15) is 23.2 Å². The Bertz CT molecular complexity index is 501. The summed E-state index contributed by atoms with van der Waals surface area (Å²) in [5.41, 5.74) is 0.277. The minimum Gasteiger partial charge on any atom is -0.381 e. The minimum atomic E-state index is -0.499. The van der Waals surface area contributed by atoms with Gasteiger partial charge >= 0.3 is 0 Å². The van der Waals surface area contributed by atoms with Crippen LogP contribution in [0.2, 0.25) is 0 Å². The SMILES string of the molecule is O=C(NC1CCOCC1)c1cc([N+](=O)[O-])ccc1I. The van der Waals surface area contributed by atoms with Crippen LogP contribution >= 0.6 is 22.6 Å². The largest absolute Gasteiger partial charge is 0.381 e. The molecule has 6 nitrogen and oxygen atoms in total. The van der Waals surface area contributed by atoms with Crippen molar-refractivity contribution in [1.82, 2.24) is 5.32 Å². The predicted octanol–water partition coefficient (Wildman–Crippen LogP) is 2.11. The topological polar surface area (TPSA) is 81.5 Å². The van der Waals surface area contributed by atoms with Crippen LogP contribution in [0.3, 0.4) is 0 Å². The molecule has 0 unspecified atom stereocenters. The van der Waals surface area contributed by atoms with E-state index in [1.54, 1.807) is 6.07 Å². The maximum atomic E-state index is 12.1. The molecule has 1 fully saturated rings. The first-order chi connectivity index (χ1) is 9.08. The Morgan fingerprint density at radius 3 is 2.74 bits per heavy atom. The van der Waals surface area contributed by atoms with Crippen molar-refractivity contribution in [2.75, 3.05) is 13.2 Å². The van der Waals surface area contributed by atoms with Crippen molar-refractivity contribution in [3.63, 3.8) is 0 Å². The fourth-order valence-corrected chi connectivity index (χ4v) is 2.49. The van der Waals surface area contributed by atoms with E-state index in [-0.39, 0.29) is 17.6 Å². The number of benzene rings is 1. The van der Waals surface area contributed by atoms with Gasteiger partial charge < -0.3 is 10.1 Å². The third kappa shape index (κ3) is 3.63. The van der Waals surface area contributed by atoms with Crippen LogP contribution in [0.15, 0.2) is 18.2 Å². The second-order valence-corrected chi connectivity index (χ2v) is 5.44. The van der Waals surface area contributed by atoms with Gasteiger partial charge in [0.25, 0.3) is 11.6 Å². The Labute approximate surface area is 123 Å². The number of ether oxygens (including phenoxy) is 1. The number of nitro groups is 1. The van der Waals surface area contributed by atoms with Gasteiger partial charge in [0.05, 0.1) is 10.5 Å². The molecule has 1 aromatic rings. The Kier molecular flexibility index (Phi) is 4.70. The number of hydrogen-bond acceptors (Lipinski definition) is 4. The highest BCUT2D eigenvalue weighted by atomic mass is 127. The molecule has 1 aliphatic heterocycles. The van der Waals surface area contributed by atoms with Crippen LogP contribution in [0.25, 0.3) is 0 Å². The van der Waals surface area contributed by atoms with Crippen molar-refractivity contribution in [3.8, 4) is 0 Å². The molecular formula is C12H13IN2O4. The number of amides is 1. The first kappa shape index (κ1) is 14.2. The summed E-state index contributed by atoms with van der Waals surface area (Å²) in [4.78, 5) is 22.4. The van der Waals surface area contributed by atoms with E-state index in [9.17, 15) is 14.9 Å². The molecule has 7 heteroatoms. The van der Waals surface area contributed by atoms with E-state index in [0.29, 0.717) is 22.3 Å². The lowest BCUT2D eigenvalue weighted by atomic mass is 10.1. The molecular weight excluding hydrogens is 363 g/mol. The van der Waals surface area contributed by atoms with Gasteiger partial charge in [0.2, 0.25) is 0 Å². The van der Waals surface area contributed by atoms with Crippen molar-refractivity contribution in [1.29, 1.82) is 0 Å². The Morgan fingerprint density at radius 2 is 2.11 bits per heavy atom. The normalized spacial score (nSPS) is 16.1. The van der Waals surface area contributed by atoms with Crippen molar-refractivity contribution in [2.45, 2.75) is 18.9 Å². The molecule has 0 radical (unpaired) electrons. The number of halogens is 1. The summed E-state index contributed by atoms with van der Waals surface area (Å²) >= 11 is 2.00. The van der Waals surface area contributed by atoms with Crippen LogP contribution in [-0.4, -0.2) is 30.1 Å². The minimum absolute atomic E-state index is 0.0717. The van der Waals surface area contributed by atoms with Crippen LogP contribution in [0.4, 0.5) is 5.69 Å². The maximum Gasteiger partial charge on any atom is 0.270 e.